The monoisotopic (exact) mass is 848 g/mol. The van der Waals surface area contributed by atoms with E-state index in [1.807, 2.05) is 0 Å². The molecule has 0 atom stereocenters. The molecule has 11 aromatic rings. The van der Waals surface area contributed by atoms with Gasteiger partial charge in [-0.2, -0.15) is 0 Å². The minimum absolute atomic E-state index is 0.0165. The van der Waals surface area contributed by atoms with E-state index < -0.39 is 0 Å². The number of hydrogen-bond donors (Lipinski definition) is 0. The van der Waals surface area contributed by atoms with Gasteiger partial charge in [0, 0.05) is 0 Å². The summed E-state index contributed by atoms with van der Waals surface area (Å²) in [5, 5.41) is 13.1. The van der Waals surface area contributed by atoms with Crippen molar-refractivity contribution in [2.24, 2.45) is 0 Å². The van der Waals surface area contributed by atoms with E-state index in [-0.39, 0.29) is 25.3 Å². The molecule has 0 aliphatic rings. The first kappa shape index (κ1) is 37.7. The normalized spacial score (nSPS) is 12.4. The second kappa shape index (κ2) is 14.2. The van der Waals surface area contributed by atoms with Gasteiger partial charge in [-0.1, -0.05) is 0 Å². The fourth-order valence-corrected chi connectivity index (χ4v) is 12.2. The zero-order chi connectivity index (χ0) is 41.6. The summed E-state index contributed by atoms with van der Waals surface area (Å²) in [4.78, 5) is 0. The molecule has 0 unspecified atom stereocenters. The van der Waals surface area contributed by atoms with Crippen LogP contribution in [0.3, 0.4) is 0 Å². The molecule has 0 bridgehead atoms. The quantitative estimate of drug-likeness (QED) is 0.122. The summed E-state index contributed by atoms with van der Waals surface area (Å²) in [5.74, 6) is 0. The van der Waals surface area contributed by atoms with Crippen molar-refractivity contribution in [2.75, 3.05) is 0 Å². The summed E-state index contributed by atoms with van der Waals surface area (Å²) < 4.78 is 2.91. The van der Waals surface area contributed by atoms with Crippen molar-refractivity contribution in [3.05, 3.63) is 193 Å². The first-order valence-electron chi connectivity index (χ1n) is 21.6. The SMILES string of the molecule is CC(C)(C)c1cc(-c2c3ccccc3c(-c3cccc4[se]c5ccc(-c6c7ccccc7c(-c7ccccc7)c7ccccc67)cc5c34)c3ccccc23)cc(C(C)(C)C)c1. The predicted octanol–water partition coefficient (Wildman–Crippen LogP) is 16.9. The van der Waals surface area contributed by atoms with Crippen LogP contribution in [0.1, 0.15) is 52.7 Å². The standard InChI is InChI=1S/C60H48Se/c1-59(2,3)40-33-39(34-41(36-40)60(4,5)6)56-46-25-14-16-27-48(46)57(49-28-17-15-26-47(49)56)50-29-18-30-53-58(50)51-35-38(31-32-52(51)61-53)55-44-23-12-10-21-42(44)54(37-19-8-7-9-20-37)43-22-11-13-24-45(43)55/h7-36H,1-6H3. The van der Waals surface area contributed by atoms with Gasteiger partial charge in [-0.05, 0) is 0 Å². The summed E-state index contributed by atoms with van der Waals surface area (Å²) in [6.45, 7) is 14.0. The van der Waals surface area contributed by atoms with Crippen LogP contribution in [-0.2, 0) is 10.8 Å². The molecule has 11 rings (SSSR count). The molecule has 0 aliphatic carbocycles. The number of hydrogen-bond acceptors (Lipinski definition) is 0. The van der Waals surface area contributed by atoms with E-state index in [0.29, 0.717) is 0 Å². The molecule has 0 nitrogen and oxygen atoms in total. The zero-order valence-corrected chi connectivity index (χ0v) is 37.4. The van der Waals surface area contributed by atoms with Crippen LogP contribution in [0.4, 0.5) is 0 Å². The Morgan fingerprint density at radius 2 is 0.721 bits per heavy atom. The van der Waals surface area contributed by atoms with Crippen LogP contribution in [0.2, 0.25) is 0 Å². The molecular formula is C60H48Se. The number of fused-ring (bicyclic) bond motifs is 7. The third-order valence-corrected chi connectivity index (χ3v) is 15.3. The number of rotatable bonds is 4. The Labute approximate surface area is 364 Å². The van der Waals surface area contributed by atoms with E-state index in [1.165, 1.54) is 118 Å². The molecule has 0 N–H and O–H groups in total. The van der Waals surface area contributed by atoms with Gasteiger partial charge in [0.05, 0.1) is 0 Å². The van der Waals surface area contributed by atoms with Crippen molar-refractivity contribution < 1.29 is 0 Å². The fourth-order valence-electron chi connectivity index (χ4n) is 9.91. The minimum atomic E-state index is 0.0165. The molecule has 1 heteroatoms. The number of benzene rings is 10. The van der Waals surface area contributed by atoms with Gasteiger partial charge in [0.1, 0.15) is 0 Å². The summed E-state index contributed by atoms with van der Waals surface area (Å²) in [5.41, 5.74) is 13.2. The third-order valence-electron chi connectivity index (χ3n) is 12.9. The molecule has 0 radical (unpaired) electrons. The summed E-state index contributed by atoms with van der Waals surface area (Å²) in [6.07, 6.45) is 0. The topological polar surface area (TPSA) is 0 Å². The van der Waals surface area contributed by atoms with Crippen molar-refractivity contribution >= 4 is 76.9 Å². The maximum absolute atomic E-state index is 2.52. The van der Waals surface area contributed by atoms with Gasteiger partial charge < -0.3 is 0 Å². The van der Waals surface area contributed by atoms with Crippen LogP contribution < -0.4 is 0 Å². The average molecular weight is 848 g/mol. The van der Waals surface area contributed by atoms with Crippen molar-refractivity contribution in [3.8, 4) is 44.5 Å². The molecule has 0 aliphatic heterocycles. The molecule has 1 heterocycles. The van der Waals surface area contributed by atoms with Gasteiger partial charge in [-0.25, -0.2) is 0 Å². The molecule has 10 aromatic carbocycles. The van der Waals surface area contributed by atoms with Gasteiger partial charge in [0.15, 0.2) is 0 Å². The Kier molecular flexibility index (Phi) is 8.77. The van der Waals surface area contributed by atoms with Gasteiger partial charge >= 0.3 is 367 Å². The summed E-state index contributed by atoms with van der Waals surface area (Å²) in [7, 11) is 0. The first-order chi connectivity index (χ1) is 29.5. The Morgan fingerprint density at radius 3 is 1.20 bits per heavy atom. The van der Waals surface area contributed by atoms with Crippen LogP contribution >= 0.6 is 0 Å². The second-order valence-electron chi connectivity index (χ2n) is 18.8. The van der Waals surface area contributed by atoms with Crippen LogP contribution in [0.5, 0.6) is 0 Å². The Hall–Kier alpha value is -6.24. The van der Waals surface area contributed by atoms with Crippen molar-refractivity contribution in [3.63, 3.8) is 0 Å². The predicted molar refractivity (Wildman–Crippen MR) is 268 cm³/mol. The zero-order valence-electron chi connectivity index (χ0n) is 35.7. The molecule has 0 saturated carbocycles. The van der Waals surface area contributed by atoms with E-state index in [0.717, 1.165) is 0 Å². The third kappa shape index (κ3) is 6.17. The van der Waals surface area contributed by atoms with Gasteiger partial charge in [0.2, 0.25) is 0 Å². The van der Waals surface area contributed by atoms with Crippen LogP contribution in [0, 0.1) is 0 Å². The van der Waals surface area contributed by atoms with Gasteiger partial charge in [-0.15, -0.1) is 0 Å². The van der Waals surface area contributed by atoms with E-state index >= 15 is 0 Å². The Bertz CT molecular complexity index is 3390. The molecule has 294 valence electrons. The van der Waals surface area contributed by atoms with Crippen LogP contribution in [0.15, 0.2) is 182 Å². The second-order valence-corrected chi connectivity index (χ2v) is 21.1. The molecule has 1 aromatic heterocycles. The maximum atomic E-state index is 2.52. The van der Waals surface area contributed by atoms with Crippen molar-refractivity contribution in [1.82, 2.24) is 0 Å². The van der Waals surface area contributed by atoms with E-state index in [2.05, 4.69) is 224 Å². The Morgan fingerprint density at radius 1 is 0.295 bits per heavy atom. The van der Waals surface area contributed by atoms with Gasteiger partial charge in [-0.3, -0.25) is 0 Å². The van der Waals surface area contributed by atoms with E-state index in [1.54, 1.807) is 0 Å². The van der Waals surface area contributed by atoms with Crippen molar-refractivity contribution in [2.45, 2.75) is 52.4 Å². The van der Waals surface area contributed by atoms with Crippen LogP contribution in [0.25, 0.3) is 107 Å². The molecule has 0 amide bonds. The van der Waals surface area contributed by atoms with E-state index in [4.69, 9.17) is 0 Å². The van der Waals surface area contributed by atoms with Crippen molar-refractivity contribution in [1.29, 1.82) is 0 Å². The average Bonchev–Trinajstić information content (AvgIpc) is 3.65. The molecular weight excluding hydrogens is 800 g/mol. The Balaban J connectivity index is 1.20. The molecule has 0 spiro atoms. The van der Waals surface area contributed by atoms with Gasteiger partial charge in [0.25, 0.3) is 0 Å². The molecule has 0 saturated heterocycles. The van der Waals surface area contributed by atoms with Crippen LogP contribution in [-0.4, -0.2) is 14.5 Å². The molecule has 0 fully saturated rings. The van der Waals surface area contributed by atoms with E-state index in [9.17, 15) is 0 Å². The first-order valence-corrected chi connectivity index (χ1v) is 23.3. The summed E-state index contributed by atoms with van der Waals surface area (Å²) in [6, 6.07) is 69.0. The molecule has 61 heavy (non-hydrogen) atoms. The fraction of sp³-hybridized carbons (Fsp3) is 0.133. The summed E-state index contributed by atoms with van der Waals surface area (Å²) >= 11 is 0.197.